The molecule has 2 heterocycles. The van der Waals surface area contributed by atoms with E-state index in [9.17, 15) is 13.2 Å². The minimum Gasteiger partial charge on any atom is -0.496 e. The maximum atomic E-state index is 13.0. The van der Waals surface area contributed by atoms with Gasteiger partial charge in [-0.2, -0.15) is 0 Å². The third-order valence-corrected chi connectivity index (χ3v) is 7.57. The molecule has 1 N–H and O–H groups in total. The Labute approximate surface area is 190 Å². The van der Waals surface area contributed by atoms with Crippen molar-refractivity contribution in [3.63, 3.8) is 0 Å². The number of carbonyl (C=O) groups excluding carboxylic acids is 1. The lowest BCUT2D eigenvalue weighted by Crippen LogP contribution is -2.29. The van der Waals surface area contributed by atoms with Crippen LogP contribution in [0.15, 0.2) is 47.4 Å². The number of nitrogens with one attached hydrogen (secondary N) is 1. The highest BCUT2D eigenvalue weighted by atomic mass is 32.2. The number of sulfonamides is 1. The van der Waals surface area contributed by atoms with Crippen LogP contribution in [-0.2, 0) is 23.1 Å². The zero-order chi connectivity index (χ0) is 22.6. The molecule has 0 saturated carbocycles. The van der Waals surface area contributed by atoms with Gasteiger partial charge in [-0.1, -0.05) is 24.3 Å². The van der Waals surface area contributed by atoms with Crippen molar-refractivity contribution in [1.82, 2.24) is 14.5 Å². The van der Waals surface area contributed by atoms with E-state index >= 15 is 0 Å². The fourth-order valence-corrected chi connectivity index (χ4v) is 5.45. The first kappa shape index (κ1) is 22.8. The molecule has 2 aliphatic rings. The Morgan fingerprint density at radius 3 is 2.38 bits per heavy atom. The molecule has 2 aromatic carbocycles. The number of rotatable bonds is 8. The number of nitrogens with zero attached hydrogens (tertiary/aromatic N) is 2. The molecule has 2 aliphatic heterocycles. The van der Waals surface area contributed by atoms with Crippen molar-refractivity contribution in [3.05, 3.63) is 59.2 Å². The molecule has 7 nitrogen and oxygen atoms in total. The van der Waals surface area contributed by atoms with Gasteiger partial charge in [-0.15, -0.1) is 0 Å². The van der Waals surface area contributed by atoms with Crippen molar-refractivity contribution in [3.8, 4) is 5.75 Å². The summed E-state index contributed by atoms with van der Waals surface area (Å²) in [5, 5.41) is 0. The summed E-state index contributed by atoms with van der Waals surface area (Å²) in [5.41, 5.74) is 2.38. The summed E-state index contributed by atoms with van der Waals surface area (Å²) in [6.07, 6.45) is 4.40. The predicted octanol–water partition coefficient (Wildman–Crippen LogP) is 3.01. The predicted molar refractivity (Wildman–Crippen MR) is 123 cm³/mol. The fourth-order valence-electron chi connectivity index (χ4n) is 4.41. The minimum absolute atomic E-state index is 0.0640. The van der Waals surface area contributed by atoms with Gasteiger partial charge in [-0.05, 0) is 68.1 Å². The number of carbonyl (C=O) groups is 1. The molecule has 0 unspecified atom stereocenters. The van der Waals surface area contributed by atoms with E-state index in [1.807, 2.05) is 12.1 Å². The average Bonchev–Trinajstić information content (AvgIpc) is 3.52. The van der Waals surface area contributed by atoms with Crippen LogP contribution in [0.5, 0.6) is 5.75 Å². The molecular weight excluding hydrogens is 426 g/mol. The van der Waals surface area contributed by atoms with Crippen LogP contribution in [-0.4, -0.2) is 57.4 Å². The molecule has 2 aromatic rings. The van der Waals surface area contributed by atoms with E-state index in [1.54, 1.807) is 11.0 Å². The Morgan fingerprint density at radius 2 is 1.66 bits per heavy atom. The van der Waals surface area contributed by atoms with Gasteiger partial charge in [0.05, 0.1) is 17.6 Å². The molecule has 0 radical (unpaired) electrons. The van der Waals surface area contributed by atoms with Gasteiger partial charge in [0.1, 0.15) is 5.75 Å². The molecule has 2 saturated heterocycles. The van der Waals surface area contributed by atoms with Crippen LogP contribution in [0.4, 0.5) is 0 Å². The van der Waals surface area contributed by atoms with Gasteiger partial charge >= 0.3 is 0 Å². The number of amides is 1. The summed E-state index contributed by atoms with van der Waals surface area (Å²) in [6, 6.07) is 12.5. The van der Waals surface area contributed by atoms with Crippen LogP contribution < -0.4 is 9.46 Å². The van der Waals surface area contributed by atoms with Gasteiger partial charge in [0.15, 0.2) is 0 Å². The average molecular weight is 458 g/mol. The van der Waals surface area contributed by atoms with Crippen molar-refractivity contribution >= 4 is 15.9 Å². The molecule has 0 atom stereocenters. The maximum absolute atomic E-state index is 13.0. The van der Waals surface area contributed by atoms with E-state index in [4.69, 9.17) is 4.74 Å². The first-order valence-corrected chi connectivity index (χ1v) is 12.7. The van der Waals surface area contributed by atoms with E-state index < -0.39 is 10.0 Å². The SMILES string of the molecule is COc1ccc(S(=O)(=O)NCc2cccc(CN3CCCC3)c2)cc1C(=O)N1CCCC1. The van der Waals surface area contributed by atoms with Crippen LogP contribution in [0.3, 0.4) is 0 Å². The van der Waals surface area contributed by atoms with Crippen molar-refractivity contribution in [2.45, 2.75) is 43.7 Å². The van der Waals surface area contributed by atoms with Gasteiger partial charge in [0, 0.05) is 26.2 Å². The van der Waals surface area contributed by atoms with E-state index in [-0.39, 0.29) is 22.9 Å². The summed E-state index contributed by atoms with van der Waals surface area (Å²) in [4.78, 5) is 17.1. The molecule has 1 amide bonds. The van der Waals surface area contributed by atoms with Crippen LogP contribution in [0.1, 0.15) is 47.2 Å². The number of methoxy groups -OCH3 is 1. The number of hydrogen-bond acceptors (Lipinski definition) is 5. The Kier molecular flexibility index (Phi) is 7.13. The number of hydrogen-bond donors (Lipinski definition) is 1. The normalized spacial score (nSPS) is 17.1. The molecular formula is C24H31N3O4S. The first-order valence-electron chi connectivity index (χ1n) is 11.2. The highest BCUT2D eigenvalue weighted by Crippen LogP contribution is 2.25. The molecule has 172 valence electrons. The van der Waals surface area contributed by atoms with Crippen LogP contribution in [0, 0.1) is 0 Å². The first-order chi connectivity index (χ1) is 15.5. The Bertz CT molecular complexity index is 1060. The Balaban J connectivity index is 1.47. The number of likely N-dealkylation sites (tertiary alicyclic amines) is 2. The number of ether oxygens (including phenoxy) is 1. The van der Waals surface area contributed by atoms with Gasteiger partial charge < -0.3 is 9.64 Å². The number of benzene rings is 2. The summed E-state index contributed by atoms with van der Waals surface area (Å²) in [5.74, 6) is 0.196. The van der Waals surface area contributed by atoms with E-state index in [0.717, 1.165) is 38.0 Å². The highest BCUT2D eigenvalue weighted by molar-refractivity contribution is 7.89. The molecule has 0 bridgehead atoms. The molecule has 8 heteroatoms. The molecule has 2 fully saturated rings. The summed E-state index contributed by atoms with van der Waals surface area (Å²) >= 11 is 0. The van der Waals surface area contributed by atoms with Crippen LogP contribution in [0.2, 0.25) is 0 Å². The van der Waals surface area contributed by atoms with Crippen molar-refractivity contribution in [2.24, 2.45) is 0 Å². The van der Waals surface area contributed by atoms with Crippen LogP contribution >= 0.6 is 0 Å². The molecule has 0 aliphatic carbocycles. The lowest BCUT2D eigenvalue weighted by molar-refractivity contribution is 0.0789. The van der Waals surface area contributed by atoms with E-state index in [1.165, 1.54) is 37.6 Å². The van der Waals surface area contributed by atoms with E-state index in [2.05, 4.69) is 21.8 Å². The summed E-state index contributed by atoms with van der Waals surface area (Å²) < 4.78 is 34.0. The molecule has 0 spiro atoms. The highest BCUT2D eigenvalue weighted by Gasteiger charge is 2.25. The van der Waals surface area contributed by atoms with Crippen molar-refractivity contribution < 1.29 is 17.9 Å². The lowest BCUT2D eigenvalue weighted by Gasteiger charge is -2.18. The van der Waals surface area contributed by atoms with Crippen molar-refractivity contribution in [2.75, 3.05) is 33.3 Å². The third-order valence-electron chi connectivity index (χ3n) is 6.17. The topological polar surface area (TPSA) is 79.0 Å². The minimum atomic E-state index is -3.78. The van der Waals surface area contributed by atoms with Gasteiger partial charge in [0.25, 0.3) is 5.91 Å². The second kappa shape index (κ2) is 10.0. The monoisotopic (exact) mass is 457 g/mol. The third kappa shape index (κ3) is 5.31. The molecule has 0 aromatic heterocycles. The summed E-state index contributed by atoms with van der Waals surface area (Å²) in [6.45, 7) is 4.69. The second-order valence-corrected chi connectivity index (χ2v) is 10.3. The quantitative estimate of drug-likeness (QED) is 0.659. The van der Waals surface area contributed by atoms with Crippen molar-refractivity contribution in [1.29, 1.82) is 0 Å². The van der Waals surface area contributed by atoms with Gasteiger partial charge in [-0.25, -0.2) is 13.1 Å². The van der Waals surface area contributed by atoms with E-state index in [0.29, 0.717) is 18.8 Å². The Hall–Kier alpha value is -2.42. The lowest BCUT2D eigenvalue weighted by atomic mass is 10.1. The Morgan fingerprint density at radius 1 is 0.969 bits per heavy atom. The largest absolute Gasteiger partial charge is 0.496 e. The molecule has 32 heavy (non-hydrogen) atoms. The zero-order valence-corrected chi connectivity index (χ0v) is 19.4. The van der Waals surface area contributed by atoms with Gasteiger partial charge in [-0.3, -0.25) is 9.69 Å². The maximum Gasteiger partial charge on any atom is 0.257 e. The second-order valence-electron chi connectivity index (χ2n) is 8.49. The zero-order valence-electron chi connectivity index (χ0n) is 18.5. The molecule has 4 rings (SSSR count). The smallest absolute Gasteiger partial charge is 0.257 e. The van der Waals surface area contributed by atoms with Gasteiger partial charge in [0.2, 0.25) is 10.0 Å². The van der Waals surface area contributed by atoms with Crippen LogP contribution in [0.25, 0.3) is 0 Å². The summed E-state index contributed by atoms with van der Waals surface area (Å²) in [7, 11) is -2.30. The fraction of sp³-hybridized carbons (Fsp3) is 0.458. The standard InChI is InChI=1S/C24H31N3O4S/c1-31-23-10-9-21(16-22(23)24(28)27-13-4-5-14-27)32(29,30)25-17-19-7-6-8-20(15-19)18-26-11-2-3-12-26/h6-10,15-16,25H,2-5,11-14,17-18H2,1H3.